The Morgan fingerprint density at radius 1 is 1.11 bits per heavy atom. The number of hydrogen-bond donors (Lipinski definition) is 2. The second-order valence-corrected chi connectivity index (χ2v) is 3.49. The highest BCUT2D eigenvalue weighted by Gasteiger charge is 2.31. The van der Waals surface area contributed by atoms with Gasteiger partial charge in [0.2, 0.25) is 0 Å². The minimum absolute atomic E-state index is 0.195. The van der Waals surface area contributed by atoms with Gasteiger partial charge in [-0.05, 0) is 12.1 Å². The highest BCUT2D eigenvalue weighted by molar-refractivity contribution is 5.75. The lowest BCUT2D eigenvalue weighted by Gasteiger charge is -2.20. The van der Waals surface area contributed by atoms with Crippen molar-refractivity contribution in [3.8, 4) is 11.5 Å². The Hall–Kier alpha value is -1.79. The number of hydrogen-bond acceptors (Lipinski definition) is 6. The zero-order valence-corrected chi connectivity index (χ0v) is 10.4. The topological polar surface area (TPSA) is 85.2 Å². The number of benzene rings is 1. The summed E-state index contributed by atoms with van der Waals surface area (Å²) in [4.78, 5) is 11.2. The molecule has 18 heavy (non-hydrogen) atoms. The van der Waals surface area contributed by atoms with Gasteiger partial charge < -0.3 is 24.4 Å². The first kappa shape index (κ1) is 14.3. The van der Waals surface area contributed by atoms with E-state index < -0.39 is 18.2 Å². The molecule has 0 saturated carbocycles. The first-order valence-corrected chi connectivity index (χ1v) is 5.21. The van der Waals surface area contributed by atoms with Gasteiger partial charge in [0.15, 0.2) is 6.10 Å². The molecule has 0 heterocycles. The Labute approximate surface area is 105 Å². The SMILES string of the molecule is COC(=O)C(O)C(O)c1c(OC)cccc1OC. The summed E-state index contributed by atoms with van der Waals surface area (Å²) in [5.74, 6) is -0.315. The number of aliphatic hydroxyl groups is 2. The van der Waals surface area contributed by atoms with Crippen molar-refractivity contribution < 1.29 is 29.2 Å². The first-order chi connectivity index (χ1) is 8.56. The van der Waals surface area contributed by atoms with Crippen LogP contribution in [0.2, 0.25) is 0 Å². The second-order valence-electron chi connectivity index (χ2n) is 3.49. The molecule has 0 spiro atoms. The largest absolute Gasteiger partial charge is 0.496 e. The maximum atomic E-state index is 11.2. The summed E-state index contributed by atoms with van der Waals surface area (Å²) in [6.45, 7) is 0. The van der Waals surface area contributed by atoms with Gasteiger partial charge in [0.05, 0.1) is 26.9 Å². The molecule has 0 fully saturated rings. The summed E-state index contributed by atoms with van der Waals surface area (Å²) in [5, 5.41) is 19.6. The maximum Gasteiger partial charge on any atom is 0.337 e. The van der Waals surface area contributed by atoms with E-state index in [2.05, 4.69) is 4.74 Å². The minimum atomic E-state index is -1.71. The van der Waals surface area contributed by atoms with E-state index in [0.29, 0.717) is 11.5 Å². The monoisotopic (exact) mass is 256 g/mol. The van der Waals surface area contributed by atoms with Gasteiger partial charge in [-0.1, -0.05) is 6.07 Å². The van der Waals surface area contributed by atoms with Gasteiger partial charge in [0.25, 0.3) is 0 Å². The molecule has 0 aromatic heterocycles. The second kappa shape index (κ2) is 6.23. The summed E-state index contributed by atoms with van der Waals surface area (Å²) in [6.07, 6.45) is -3.20. The van der Waals surface area contributed by atoms with Crippen molar-refractivity contribution in [3.05, 3.63) is 23.8 Å². The van der Waals surface area contributed by atoms with Crippen LogP contribution < -0.4 is 9.47 Å². The fourth-order valence-electron chi connectivity index (χ4n) is 1.58. The van der Waals surface area contributed by atoms with Gasteiger partial charge in [0, 0.05) is 0 Å². The molecule has 0 radical (unpaired) electrons. The van der Waals surface area contributed by atoms with Crippen LogP contribution in [0.4, 0.5) is 0 Å². The van der Waals surface area contributed by atoms with E-state index in [9.17, 15) is 15.0 Å². The molecule has 1 rings (SSSR count). The van der Waals surface area contributed by atoms with Gasteiger partial charge in [-0.25, -0.2) is 4.79 Å². The number of rotatable bonds is 5. The lowest BCUT2D eigenvalue weighted by molar-refractivity contribution is -0.156. The Kier molecular flexibility index (Phi) is 4.94. The van der Waals surface area contributed by atoms with E-state index in [0.717, 1.165) is 7.11 Å². The van der Waals surface area contributed by atoms with Crippen LogP contribution in [-0.4, -0.2) is 43.6 Å². The molecule has 1 aromatic carbocycles. The predicted octanol–water partition coefficient (Wildman–Crippen LogP) is 0.271. The molecule has 0 bridgehead atoms. The molecule has 6 nitrogen and oxygen atoms in total. The van der Waals surface area contributed by atoms with Crippen LogP contribution in [0.3, 0.4) is 0 Å². The number of esters is 1. The predicted molar refractivity (Wildman–Crippen MR) is 62.5 cm³/mol. The third kappa shape index (κ3) is 2.72. The highest BCUT2D eigenvalue weighted by atomic mass is 16.5. The lowest BCUT2D eigenvalue weighted by Crippen LogP contribution is -2.29. The molecular formula is C12H16O6. The Morgan fingerprint density at radius 3 is 2.00 bits per heavy atom. The molecule has 0 aliphatic carbocycles. The molecule has 2 unspecified atom stereocenters. The maximum absolute atomic E-state index is 11.2. The molecule has 6 heteroatoms. The van der Waals surface area contributed by atoms with E-state index in [1.165, 1.54) is 14.2 Å². The number of carbonyl (C=O) groups is 1. The number of methoxy groups -OCH3 is 3. The van der Waals surface area contributed by atoms with Crippen LogP contribution in [-0.2, 0) is 9.53 Å². The Balaban J connectivity index is 3.17. The number of carbonyl (C=O) groups excluding carboxylic acids is 1. The van der Waals surface area contributed by atoms with Crippen molar-refractivity contribution in [2.24, 2.45) is 0 Å². The summed E-state index contributed by atoms with van der Waals surface area (Å²) in [6, 6.07) is 4.84. The molecular weight excluding hydrogens is 240 g/mol. The fourth-order valence-corrected chi connectivity index (χ4v) is 1.58. The van der Waals surface area contributed by atoms with Gasteiger partial charge in [-0.3, -0.25) is 0 Å². The fraction of sp³-hybridized carbons (Fsp3) is 0.417. The summed E-state index contributed by atoms with van der Waals surface area (Å²) in [7, 11) is 3.95. The zero-order chi connectivity index (χ0) is 13.7. The van der Waals surface area contributed by atoms with Crippen molar-refractivity contribution in [2.45, 2.75) is 12.2 Å². The van der Waals surface area contributed by atoms with Gasteiger partial charge in [-0.2, -0.15) is 0 Å². The number of aliphatic hydroxyl groups excluding tert-OH is 2. The van der Waals surface area contributed by atoms with E-state index in [4.69, 9.17) is 9.47 Å². The van der Waals surface area contributed by atoms with Crippen molar-refractivity contribution >= 4 is 5.97 Å². The van der Waals surface area contributed by atoms with Gasteiger partial charge in [0.1, 0.15) is 17.6 Å². The molecule has 0 aliphatic heterocycles. The van der Waals surface area contributed by atoms with Crippen LogP contribution in [0.5, 0.6) is 11.5 Å². The van der Waals surface area contributed by atoms with E-state index in [-0.39, 0.29) is 5.56 Å². The third-order valence-corrected chi connectivity index (χ3v) is 2.50. The summed E-state index contributed by atoms with van der Waals surface area (Å²) < 4.78 is 14.5. The Bertz CT molecular complexity index is 395. The molecule has 0 saturated heterocycles. The standard InChI is InChI=1S/C12H16O6/c1-16-7-5-4-6-8(17-2)9(7)10(13)11(14)12(15)18-3/h4-6,10-11,13-14H,1-3H3. The normalized spacial score (nSPS) is 13.6. The zero-order valence-electron chi connectivity index (χ0n) is 10.4. The van der Waals surface area contributed by atoms with Crippen LogP contribution in [0, 0.1) is 0 Å². The smallest absolute Gasteiger partial charge is 0.337 e. The van der Waals surface area contributed by atoms with Crippen molar-refractivity contribution in [2.75, 3.05) is 21.3 Å². The van der Waals surface area contributed by atoms with Crippen LogP contribution in [0.15, 0.2) is 18.2 Å². The van der Waals surface area contributed by atoms with Crippen LogP contribution in [0.25, 0.3) is 0 Å². The molecule has 2 N–H and O–H groups in total. The first-order valence-electron chi connectivity index (χ1n) is 5.21. The summed E-state index contributed by atoms with van der Waals surface area (Å²) >= 11 is 0. The molecule has 100 valence electrons. The molecule has 0 aliphatic rings. The molecule has 2 atom stereocenters. The van der Waals surface area contributed by atoms with E-state index >= 15 is 0 Å². The lowest BCUT2D eigenvalue weighted by atomic mass is 10.0. The molecule has 1 aromatic rings. The van der Waals surface area contributed by atoms with E-state index in [1.807, 2.05) is 0 Å². The quantitative estimate of drug-likeness (QED) is 0.736. The third-order valence-electron chi connectivity index (χ3n) is 2.50. The van der Waals surface area contributed by atoms with Crippen molar-refractivity contribution in [3.63, 3.8) is 0 Å². The number of ether oxygens (including phenoxy) is 3. The van der Waals surface area contributed by atoms with Gasteiger partial charge in [-0.15, -0.1) is 0 Å². The van der Waals surface area contributed by atoms with Crippen LogP contribution in [0.1, 0.15) is 11.7 Å². The van der Waals surface area contributed by atoms with Gasteiger partial charge >= 0.3 is 5.97 Å². The minimum Gasteiger partial charge on any atom is -0.496 e. The summed E-state index contributed by atoms with van der Waals surface area (Å²) in [5.41, 5.74) is 0.195. The average molecular weight is 256 g/mol. The highest BCUT2D eigenvalue weighted by Crippen LogP contribution is 2.35. The van der Waals surface area contributed by atoms with Crippen molar-refractivity contribution in [1.82, 2.24) is 0 Å². The molecule has 0 amide bonds. The Morgan fingerprint density at radius 2 is 1.61 bits per heavy atom. The average Bonchev–Trinajstić information content (AvgIpc) is 2.43. The van der Waals surface area contributed by atoms with E-state index in [1.54, 1.807) is 18.2 Å². The van der Waals surface area contributed by atoms with Crippen LogP contribution >= 0.6 is 0 Å². The van der Waals surface area contributed by atoms with Crippen molar-refractivity contribution in [1.29, 1.82) is 0 Å².